The first-order valence-corrected chi connectivity index (χ1v) is 9.91. The fourth-order valence-corrected chi connectivity index (χ4v) is 4.39. The molecule has 27 heavy (non-hydrogen) atoms. The van der Waals surface area contributed by atoms with Crippen molar-refractivity contribution < 1.29 is 9.53 Å². The number of likely N-dealkylation sites (tertiary alicyclic amines) is 1. The molecule has 1 N–H and O–H groups in total. The number of rotatable bonds is 3. The van der Waals surface area contributed by atoms with Crippen LogP contribution >= 0.6 is 0 Å². The van der Waals surface area contributed by atoms with Crippen LogP contribution in [0.25, 0.3) is 0 Å². The van der Waals surface area contributed by atoms with Crippen LogP contribution in [-0.4, -0.2) is 44.5 Å². The Morgan fingerprint density at radius 1 is 1.22 bits per heavy atom. The number of carbonyl (C=O) groups excluding carboxylic acids is 1. The van der Waals surface area contributed by atoms with Gasteiger partial charge in [-0.1, -0.05) is 0 Å². The lowest BCUT2D eigenvalue weighted by atomic mass is 9.99. The summed E-state index contributed by atoms with van der Waals surface area (Å²) in [5.74, 6) is 0. The van der Waals surface area contributed by atoms with E-state index in [0.717, 1.165) is 37.9 Å². The normalized spacial score (nSPS) is 26.1. The van der Waals surface area contributed by atoms with Gasteiger partial charge in [0.25, 0.3) is 0 Å². The smallest absolute Gasteiger partial charge is 0.318 e. The minimum atomic E-state index is -0.0124. The van der Waals surface area contributed by atoms with E-state index in [1.54, 1.807) is 6.20 Å². The van der Waals surface area contributed by atoms with Gasteiger partial charge in [0.15, 0.2) is 0 Å². The van der Waals surface area contributed by atoms with Crippen molar-refractivity contribution in [3.05, 3.63) is 42.0 Å². The summed E-state index contributed by atoms with van der Waals surface area (Å²) in [4.78, 5) is 15.1. The molecule has 2 aliphatic rings. The van der Waals surface area contributed by atoms with Gasteiger partial charge in [-0.05, 0) is 50.3 Å². The highest BCUT2D eigenvalue weighted by molar-refractivity contribution is 5.75. The molecule has 0 radical (unpaired) electrons. The zero-order chi connectivity index (χ0) is 18.8. The molecular weight excluding hydrogens is 342 g/mol. The summed E-state index contributed by atoms with van der Waals surface area (Å²) in [7, 11) is 3.98. The van der Waals surface area contributed by atoms with Crippen molar-refractivity contribution in [2.45, 2.75) is 50.3 Å². The fourth-order valence-electron chi connectivity index (χ4n) is 4.39. The molecule has 7 heteroatoms. The minimum Gasteiger partial charge on any atom is -0.372 e. The average molecular weight is 371 g/mol. The number of amides is 2. The Morgan fingerprint density at radius 2 is 2.11 bits per heavy atom. The highest BCUT2D eigenvalue weighted by Crippen LogP contribution is 2.32. The molecule has 2 fully saturated rings. The summed E-state index contributed by atoms with van der Waals surface area (Å²) in [6, 6.07) is 6.51. The van der Waals surface area contributed by atoms with Crippen LogP contribution in [0.1, 0.15) is 55.6 Å². The number of hydrogen-bond donors (Lipinski definition) is 1. The maximum Gasteiger partial charge on any atom is 0.318 e. The van der Waals surface area contributed by atoms with Crippen molar-refractivity contribution in [1.82, 2.24) is 24.6 Å². The summed E-state index contributed by atoms with van der Waals surface area (Å²) in [6.07, 6.45) is 8.73. The van der Waals surface area contributed by atoms with Crippen LogP contribution in [0.15, 0.2) is 30.6 Å². The van der Waals surface area contributed by atoms with Gasteiger partial charge in [-0.3, -0.25) is 4.68 Å². The first-order chi connectivity index (χ1) is 13.1. The fraction of sp³-hybridized carbons (Fsp3) is 0.600. The van der Waals surface area contributed by atoms with Gasteiger partial charge in [0.2, 0.25) is 0 Å². The van der Waals surface area contributed by atoms with Crippen LogP contribution in [0.2, 0.25) is 0 Å². The number of ether oxygens (including phenoxy) is 1. The number of carbonyl (C=O) groups is 1. The Bertz CT molecular complexity index is 783. The lowest BCUT2D eigenvalue weighted by molar-refractivity contribution is -0.00358. The van der Waals surface area contributed by atoms with E-state index in [0.29, 0.717) is 6.61 Å². The molecule has 0 aliphatic carbocycles. The summed E-state index contributed by atoms with van der Waals surface area (Å²) in [5.41, 5.74) is 2.28. The molecule has 4 rings (SSSR count). The van der Waals surface area contributed by atoms with Crippen LogP contribution in [-0.2, 0) is 18.8 Å². The average Bonchev–Trinajstić information content (AvgIpc) is 3.30. The Kier molecular flexibility index (Phi) is 5.20. The van der Waals surface area contributed by atoms with E-state index >= 15 is 0 Å². The number of hydrogen-bond acceptors (Lipinski definition) is 3. The molecule has 146 valence electrons. The SMILES string of the molecule is Cn1cccc1C1CCCCN1C(=O)NC1CCOC(c2ccnn2C)C1. The lowest BCUT2D eigenvalue weighted by Gasteiger charge is -2.38. The van der Waals surface area contributed by atoms with Gasteiger partial charge in [0.05, 0.1) is 11.7 Å². The first kappa shape index (κ1) is 18.1. The maximum atomic E-state index is 13.1. The largest absolute Gasteiger partial charge is 0.372 e. The second kappa shape index (κ2) is 7.76. The predicted molar refractivity (Wildman–Crippen MR) is 102 cm³/mol. The van der Waals surface area contributed by atoms with Gasteiger partial charge in [0.1, 0.15) is 6.10 Å². The van der Waals surface area contributed by atoms with Gasteiger partial charge in [0, 0.05) is 51.4 Å². The summed E-state index contributed by atoms with van der Waals surface area (Å²) >= 11 is 0. The quantitative estimate of drug-likeness (QED) is 0.902. The molecule has 2 aromatic heterocycles. The third kappa shape index (κ3) is 3.74. The third-order valence-electron chi connectivity index (χ3n) is 5.89. The molecule has 3 atom stereocenters. The molecule has 2 aliphatic heterocycles. The van der Waals surface area contributed by atoms with Crippen molar-refractivity contribution in [3.8, 4) is 0 Å². The highest BCUT2D eigenvalue weighted by Gasteiger charge is 2.32. The van der Waals surface area contributed by atoms with E-state index in [2.05, 4.69) is 40.4 Å². The Labute approximate surface area is 160 Å². The molecule has 0 bridgehead atoms. The highest BCUT2D eigenvalue weighted by atomic mass is 16.5. The van der Waals surface area contributed by atoms with Gasteiger partial charge in [-0.15, -0.1) is 0 Å². The Hall–Kier alpha value is -2.28. The minimum absolute atomic E-state index is 0.0124. The lowest BCUT2D eigenvalue weighted by Crippen LogP contribution is -2.49. The number of aryl methyl sites for hydroxylation is 2. The van der Waals surface area contributed by atoms with Crippen LogP contribution in [0.4, 0.5) is 4.79 Å². The van der Waals surface area contributed by atoms with Gasteiger partial charge >= 0.3 is 6.03 Å². The van der Waals surface area contributed by atoms with Crippen molar-refractivity contribution in [2.75, 3.05) is 13.2 Å². The van der Waals surface area contributed by atoms with E-state index in [1.165, 1.54) is 12.1 Å². The second-order valence-electron chi connectivity index (χ2n) is 7.66. The summed E-state index contributed by atoms with van der Waals surface area (Å²) in [6.45, 7) is 1.47. The summed E-state index contributed by atoms with van der Waals surface area (Å²) in [5, 5.41) is 7.52. The molecule has 0 spiro atoms. The summed E-state index contributed by atoms with van der Waals surface area (Å²) < 4.78 is 9.91. The maximum absolute atomic E-state index is 13.1. The van der Waals surface area contributed by atoms with E-state index in [9.17, 15) is 4.79 Å². The van der Waals surface area contributed by atoms with Crippen molar-refractivity contribution in [1.29, 1.82) is 0 Å². The van der Waals surface area contributed by atoms with Crippen LogP contribution in [0.3, 0.4) is 0 Å². The van der Waals surface area contributed by atoms with Crippen LogP contribution in [0, 0.1) is 0 Å². The molecule has 2 amide bonds. The Balaban J connectivity index is 1.43. The molecule has 4 heterocycles. The topological polar surface area (TPSA) is 64.3 Å². The van der Waals surface area contributed by atoms with E-state index in [1.807, 2.05) is 22.7 Å². The number of nitrogens with zero attached hydrogens (tertiary/aromatic N) is 4. The van der Waals surface area contributed by atoms with Crippen LogP contribution in [0.5, 0.6) is 0 Å². The predicted octanol–water partition coefficient (Wildman–Crippen LogP) is 2.92. The van der Waals surface area contributed by atoms with Gasteiger partial charge in [-0.25, -0.2) is 4.79 Å². The number of urea groups is 1. The van der Waals surface area contributed by atoms with E-state index in [4.69, 9.17) is 4.74 Å². The number of aromatic nitrogens is 3. The molecule has 2 aromatic rings. The molecule has 7 nitrogen and oxygen atoms in total. The second-order valence-corrected chi connectivity index (χ2v) is 7.66. The van der Waals surface area contributed by atoms with Crippen molar-refractivity contribution >= 4 is 6.03 Å². The zero-order valence-corrected chi connectivity index (χ0v) is 16.2. The monoisotopic (exact) mass is 371 g/mol. The zero-order valence-electron chi connectivity index (χ0n) is 16.2. The third-order valence-corrected chi connectivity index (χ3v) is 5.89. The van der Waals surface area contributed by atoms with E-state index < -0.39 is 0 Å². The molecule has 3 unspecified atom stereocenters. The van der Waals surface area contributed by atoms with Crippen molar-refractivity contribution in [3.63, 3.8) is 0 Å². The molecule has 0 saturated carbocycles. The number of piperidine rings is 1. The van der Waals surface area contributed by atoms with Gasteiger partial charge < -0.3 is 19.5 Å². The molecule has 0 aromatic carbocycles. The number of nitrogens with one attached hydrogen (secondary N) is 1. The van der Waals surface area contributed by atoms with Gasteiger partial charge in [-0.2, -0.15) is 5.10 Å². The molecule has 2 saturated heterocycles. The van der Waals surface area contributed by atoms with Crippen LogP contribution < -0.4 is 5.32 Å². The van der Waals surface area contributed by atoms with E-state index in [-0.39, 0.29) is 24.2 Å². The Morgan fingerprint density at radius 3 is 2.85 bits per heavy atom. The standard InChI is InChI=1S/C20H29N5O2/c1-23-11-5-7-16(23)17-6-3-4-12-25(17)20(26)22-15-9-13-27-19(14-15)18-8-10-21-24(18)2/h5,7-8,10-11,15,17,19H,3-4,6,9,12-14H2,1-2H3,(H,22,26). The van der Waals surface area contributed by atoms with Crippen molar-refractivity contribution in [2.24, 2.45) is 14.1 Å². The first-order valence-electron chi connectivity index (χ1n) is 9.91. The molecular formula is C20H29N5O2.